The summed E-state index contributed by atoms with van der Waals surface area (Å²) in [7, 11) is -1.71. The quantitative estimate of drug-likeness (QED) is 0.651. The third-order valence-electron chi connectivity index (χ3n) is 1.78. The van der Waals surface area contributed by atoms with Crippen LogP contribution in [-0.4, -0.2) is 52.4 Å². The van der Waals surface area contributed by atoms with Gasteiger partial charge < -0.3 is 17.8 Å². The van der Waals surface area contributed by atoms with Gasteiger partial charge in [0.15, 0.2) is 0 Å². The first-order valence-electron chi connectivity index (χ1n) is 4.26. The van der Waals surface area contributed by atoms with Gasteiger partial charge in [0.2, 0.25) is 0 Å². The second-order valence-corrected chi connectivity index (χ2v) is 5.86. The van der Waals surface area contributed by atoms with Crippen LogP contribution in [0.15, 0.2) is 12.1 Å². The average molecular weight is 244 g/mol. The van der Waals surface area contributed by atoms with Gasteiger partial charge in [0.25, 0.3) is 0 Å². The summed E-state index contributed by atoms with van der Waals surface area (Å²) in [5.41, 5.74) is -0.814. The number of sulfone groups is 1. The Hall–Kier alpha value is -0.495. The first-order chi connectivity index (χ1) is 6.52. The zero-order valence-electron chi connectivity index (χ0n) is 8.71. The molecule has 0 fully saturated rings. The molecule has 3 nitrogen and oxygen atoms in total. The summed E-state index contributed by atoms with van der Waals surface area (Å²) in [6.45, 7) is -2.38. The highest BCUT2D eigenvalue weighted by molar-refractivity contribution is 7.90. The number of likely N-dealkylation sites (N-methyl/N-ethyl adjacent to an activating group) is 1. The second-order valence-electron chi connectivity index (χ2n) is 3.60. The second kappa shape index (κ2) is 5.02. The van der Waals surface area contributed by atoms with Crippen molar-refractivity contribution in [3.05, 3.63) is 12.1 Å². The van der Waals surface area contributed by atoms with Crippen LogP contribution < -0.4 is 0 Å². The molecule has 0 spiro atoms. The maximum Gasteiger partial charge on any atom is 0.506 e. The van der Waals surface area contributed by atoms with Gasteiger partial charge in [-0.3, -0.25) is 0 Å². The molecule has 0 aliphatic carbocycles. The first kappa shape index (κ1) is 14.5. The Morgan fingerprint density at radius 3 is 2.20 bits per heavy atom. The van der Waals surface area contributed by atoms with Crippen LogP contribution in [0.4, 0.5) is 12.9 Å². The van der Waals surface area contributed by atoms with Crippen molar-refractivity contribution in [3.8, 4) is 0 Å². The third kappa shape index (κ3) is 7.44. The van der Waals surface area contributed by atoms with Crippen LogP contribution in [0.1, 0.15) is 0 Å². The summed E-state index contributed by atoms with van der Waals surface area (Å²) in [5.74, 6) is -0.151. The highest BCUT2D eigenvalue weighted by atomic mass is 32.2. The number of nitrogens with zero attached hydrogens (tertiary/aromatic N) is 1. The molecule has 0 amide bonds. The lowest BCUT2D eigenvalue weighted by Gasteiger charge is -2.23. The van der Waals surface area contributed by atoms with Gasteiger partial charge in [0.05, 0.1) is 5.75 Å². The van der Waals surface area contributed by atoms with Gasteiger partial charge in [-0.1, -0.05) is 0 Å². The van der Waals surface area contributed by atoms with Crippen molar-refractivity contribution in [3.63, 3.8) is 0 Å². The molecule has 8 heteroatoms. The van der Waals surface area contributed by atoms with Crippen molar-refractivity contribution in [2.45, 2.75) is 0 Å². The van der Waals surface area contributed by atoms with E-state index in [4.69, 9.17) is 0 Å². The van der Waals surface area contributed by atoms with Crippen molar-refractivity contribution < 1.29 is 21.4 Å². The average Bonchev–Trinajstić information content (AvgIpc) is 1.97. The predicted molar refractivity (Wildman–Crippen MR) is 55.4 cm³/mol. The molecule has 90 valence electrons. The molecular weight excluding hydrogens is 230 g/mol. The van der Waals surface area contributed by atoms with Crippen LogP contribution in [0.5, 0.6) is 0 Å². The first-order valence-corrected chi connectivity index (χ1v) is 6.32. The van der Waals surface area contributed by atoms with Crippen LogP contribution in [0, 0.1) is 0 Å². The highest BCUT2D eigenvalue weighted by Crippen LogP contribution is 2.18. The fourth-order valence-corrected chi connectivity index (χ4v) is 1.49. The van der Waals surface area contributed by atoms with Gasteiger partial charge in [-0.15, -0.1) is 12.1 Å². The van der Waals surface area contributed by atoms with Crippen molar-refractivity contribution in [2.75, 3.05) is 32.1 Å². The lowest BCUT2D eigenvalue weighted by Crippen LogP contribution is -2.32. The minimum Gasteiger partial charge on any atom is -0.445 e. The van der Waals surface area contributed by atoms with E-state index >= 15 is 0 Å². The molecule has 0 aliphatic heterocycles. The SMILES string of the molecule is C=C(CN(C)CCS(C)(=O)=O)[B-](F)(F)F. The van der Waals surface area contributed by atoms with Crippen LogP contribution >= 0.6 is 0 Å². The molecule has 0 radical (unpaired) electrons. The normalized spacial score (nSPS) is 13.2. The zero-order valence-corrected chi connectivity index (χ0v) is 9.53. The molecule has 0 unspecified atom stereocenters. The molecule has 0 heterocycles. The van der Waals surface area contributed by atoms with Gasteiger partial charge in [-0.25, -0.2) is 8.42 Å². The zero-order chi connectivity index (χ0) is 12.3. The topological polar surface area (TPSA) is 37.4 Å². The Labute approximate surface area is 87.9 Å². The van der Waals surface area contributed by atoms with Crippen LogP contribution in [0.3, 0.4) is 0 Å². The molecule has 15 heavy (non-hydrogen) atoms. The third-order valence-corrected chi connectivity index (χ3v) is 2.70. The number of hydrogen-bond donors (Lipinski definition) is 0. The maximum atomic E-state index is 12.1. The molecular formula is C7H14BF3NO2S-. The van der Waals surface area contributed by atoms with Crippen molar-refractivity contribution in [2.24, 2.45) is 0 Å². The molecule has 0 saturated heterocycles. The van der Waals surface area contributed by atoms with Crippen molar-refractivity contribution >= 4 is 16.8 Å². The fraction of sp³-hybridized carbons (Fsp3) is 0.714. The van der Waals surface area contributed by atoms with E-state index in [-0.39, 0.29) is 18.8 Å². The smallest absolute Gasteiger partial charge is 0.445 e. The fourth-order valence-electron chi connectivity index (χ4n) is 0.851. The Morgan fingerprint density at radius 2 is 1.87 bits per heavy atom. The molecule has 0 rings (SSSR count). The summed E-state index contributed by atoms with van der Waals surface area (Å²) in [6.07, 6.45) is 1.04. The highest BCUT2D eigenvalue weighted by Gasteiger charge is 2.27. The summed E-state index contributed by atoms with van der Waals surface area (Å²) in [6, 6.07) is 0. The molecule has 0 saturated carbocycles. The summed E-state index contributed by atoms with van der Waals surface area (Å²) < 4.78 is 57.8. The summed E-state index contributed by atoms with van der Waals surface area (Å²) >= 11 is 0. The van der Waals surface area contributed by atoms with Gasteiger partial charge in [0, 0.05) is 12.8 Å². The van der Waals surface area contributed by atoms with Gasteiger partial charge in [0.1, 0.15) is 9.84 Å². The van der Waals surface area contributed by atoms with E-state index < -0.39 is 22.3 Å². The van der Waals surface area contributed by atoms with Gasteiger partial charge >= 0.3 is 6.98 Å². The largest absolute Gasteiger partial charge is 0.506 e. The standard InChI is InChI=1S/C7H14BF3NO2S/c1-7(8(9,10)11)6-12(2)4-5-15(3,13)14/h1,4-6H2,2-3H3/q-1. The van der Waals surface area contributed by atoms with Crippen LogP contribution in [0.25, 0.3) is 0 Å². The van der Waals surface area contributed by atoms with E-state index in [1.54, 1.807) is 0 Å². The van der Waals surface area contributed by atoms with E-state index in [2.05, 4.69) is 6.58 Å². The van der Waals surface area contributed by atoms with E-state index in [9.17, 15) is 21.4 Å². The minimum atomic E-state index is -5.03. The van der Waals surface area contributed by atoms with Gasteiger partial charge in [-0.05, 0) is 13.6 Å². The molecule has 0 aliphatic rings. The predicted octanol–water partition coefficient (Wildman–Crippen LogP) is 0.906. The number of rotatable bonds is 6. The van der Waals surface area contributed by atoms with E-state index in [1.165, 1.54) is 11.9 Å². The Bertz CT molecular complexity index is 326. The minimum absolute atomic E-state index is 0.0734. The van der Waals surface area contributed by atoms with Crippen molar-refractivity contribution in [1.82, 2.24) is 4.90 Å². The van der Waals surface area contributed by atoms with E-state index in [0.717, 1.165) is 6.26 Å². The number of halogens is 3. The Balaban J connectivity index is 4.06. The molecule has 0 aromatic heterocycles. The van der Waals surface area contributed by atoms with Crippen LogP contribution in [-0.2, 0) is 9.84 Å². The van der Waals surface area contributed by atoms with E-state index in [1.807, 2.05) is 0 Å². The lowest BCUT2D eigenvalue weighted by atomic mass is 9.80. The molecule has 0 atom stereocenters. The van der Waals surface area contributed by atoms with Gasteiger partial charge in [-0.2, -0.15) is 0 Å². The summed E-state index contributed by atoms with van der Waals surface area (Å²) in [5, 5.41) is 0. The number of hydrogen-bond acceptors (Lipinski definition) is 3. The maximum absolute atomic E-state index is 12.1. The van der Waals surface area contributed by atoms with E-state index in [0.29, 0.717) is 0 Å². The Kier molecular flexibility index (Phi) is 4.86. The molecule has 0 aromatic rings. The van der Waals surface area contributed by atoms with Crippen molar-refractivity contribution in [1.29, 1.82) is 0 Å². The summed E-state index contributed by atoms with van der Waals surface area (Å²) in [4.78, 5) is 1.29. The molecule has 0 N–H and O–H groups in total. The molecule has 0 aromatic carbocycles. The monoisotopic (exact) mass is 244 g/mol. The lowest BCUT2D eigenvalue weighted by molar-refractivity contribution is 0.376. The van der Waals surface area contributed by atoms with Crippen LogP contribution in [0.2, 0.25) is 0 Å². The molecule has 0 bridgehead atoms. The Morgan fingerprint density at radius 1 is 1.40 bits per heavy atom.